The maximum Gasteiger partial charge on any atom is 0.351 e. The van der Waals surface area contributed by atoms with Crippen LogP contribution in [0, 0.1) is 0 Å². The van der Waals surface area contributed by atoms with Gasteiger partial charge >= 0.3 is 5.69 Å². The van der Waals surface area contributed by atoms with E-state index < -0.39 is 37.0 Å². The molecule has 0 spiro atoms. The quantitative estimate of drug-likeness (QED) is 0.860. The van der Waals surface area contributed by atoms with Crippen LogP contribution in [0.2, 0.25) is 0 Å². The smallest absolute Gasteiger partial charge is 0.351 e. The number of halogens is 2. The van der Waals surface area contributed by atoms with Crippen molar-refractivity contribution in [3.63, 3.8) is 0 Å². The summed E-state index contributed by atoms with van der Waals surface area (Å²) >= 11 is 0. The van der Waals surface area contributed by atoms with E-state index in [0.717, 1.165) is 6.20 Å². The Morgan fingerprint density at radius 1 is 1.60 bits per heavy atom. The van der Waals surface area contributed by atoms with Gasteiger partial charge in [0, 0.05) is 12.6 Å². The fourth-order valence-electron chi connectivity index (χ4n) is 1.72. The van der Waals surface area contributed by atoms with Crippen LogP contribution in [-0.2, 0) is 4.74 Å². The van der Waals surface area contributed by atoms with Gasteiger partial charge in [-0.25, -0.2) is 13.6 Å². The summed E-state index contributed by atoms with van der Waals surface area (Å²) in [5.41, 5.74) is 4.35. The van der Waals surface area contributed by atoms with Crippen LogP contribution in [0.5, 0.6) is 0 Å². The second kappa shape index (κ2) is 7.30. The molecular weight excluding hydrogens is 272 g/mol. The molecule has 2 heterocycles. The van der Waals surface area contributed by atoms with Crippen LogP contribution in [0.3, 0.4) is 0 Å². The molecule has 1 aromatic heterocycles. The molecule has 0 bridgehead atoms. The lowest BCUT2D eigenvalue weighted by molar-refractivity contribution is -0.120. The highest BCUT2D eigenvalue weighted by Crippen LogP contribution is 2.41. The molecule has 0 amide bonds. The molecule has 0 aromatic carbocycles. The summed E-state index contributed by atoms with van der Waals surface area (Å²) in [6, 6.07) is 1.23. The maximum atomic E-state index is 13.6. The van der Waals surface area contributed by atoms with Crippen LogP contribution < -0.4 is 11.4 Å². The second-order valence-electron chi connectivity index (χ2n) is 3.80. The molecule has 2 rings (SSSR count). The lowest BCUT2D eigenvalue weighted by Gasteiger charge is -2.19. The number of nitrogens with two attached hydrogens (primary N) is 1. The van der Waals surface area contributed by atoms with Crippen LogP contribution in [-0.4, -0.2) is 33.3 Å². The minimum absolute atomic E-state index is 0. The SMILES string of the molecule is C.CC.Nc1ccn(C2OC(CO)CC2(F)F)c(=O)n1. The number of aliphatic hydroxyl groups excluding tert-OH is 1. The fraction of sp³-hybridized carbons (Fsp3) is 0.667. The zero-order valence-electron chi connectivity index (χ0n) is 10.7. The molecular formula is C12H21F2N3O3. The maximum absolute atomic E-state index is 13.6. The number of nitrogen functional groups attached to an aromatic ring is 1. The van der Waals surface area contributed by atoms with Crippen LogP contribution in [0.15, 0.2) is 17.1 Å². The van der Waals surface area contributed by atoms with Crippen molar-refractivity contribution in [3.8, 4) is 0 Å². The first-order chi connectivity index (χ1) is 8.94. The summed E-state index contributed by atoms with van der Waals surface area (Å²) in [7, 11) is 0. The average Bonchev–Trinajstić information content (AvgIpc) is 2.67. The van der Waals surface area contributed by atoms with Gasteiger partial charge < -0.3 is 15.6 Å². The summed E-state index contributed by atoms with van der Waals surface area (Å²) < 4.78 is 32.7. The van der Waals surface area contributed by atoms with E-state index in [-0.39, 0.29) is 13.2 Å². The average molecular weight is 293 g/mol. The molecule has 6 nitrogen and oxygen atoms in total. The van der Waals surface area contributed by atoms with Gasteiger partial charge in [0.15, 0.2) is 0 Å². The fourth-order valence-corrected chi connectivity index (χ4v) is 1.72. The topological polar surface area (TPSA) is 90.4 Å². The van der Waals surface area contributed by atoms with Gasteiger partial charge in [-0.1, -0.05) is 21.3 Å². The van der Waals surface area contributed by atoms with E-state index in [1.54, 1.807) is 0 Å². The summed E-state index contributed by atoms with van der Waals surface area (Å²) in [5.74, 6) is -3.28. The second-order valence-corrected chi connectivity index (χ2v) is 3.80. The van der Waals surface area contributed by atoms with E-state index in [2.05, 4.69) is 4.98 Å². The molecule has 0 radical (unpaired) electrons. The number of aromatic nitrogens is 2. The van der Waals surface area contributed by atoms with Gasteiger partial charge in [0.1, 0.15) is 5.82 Å². The third kappa shape index (κ3) is 3.73. The van der Waals surface area contributed by atoms with Crippen molar-refractivity contribution in [2.24, 2.45) is 0 Å². The number of anilines is 1. The number of hydrogen-bond donors (Lipinski definition) is 2. The standard InChI is InChI=1S/C9H11F2N3O3.C2H6.CH4/c10-9(11)3-5(4-15)17-7(9)14-2-1-6(12)13-8(14)16;1-2;/h1-2,5,7,15H,3-4H2,(H2,12,13,16);1-2H3;1H4. The third-order valence-corrected chi connectivity index (χ3v) is 2.49. The van der Waals surface area contributed by atoms with Crippen LogP contribution in [0.4, 0.5) is 14.6 Å². The van der Waals surface area contributed by atoms with Crippen LogP contribution in [0.1, 0.15) is 33.9 Å². The van der Waals surface area contributed by atoms with Crippen LogP contribution in [0.25, 0.3) is 0 Å². The van der Waals surface area contributed by atoms with Gasteiger partial charge in [-0.05, 0) is 6.07 Å². The highest BCUT2D eigenvalue weighted by atomic mass is 19.3. The zero-order valence-corrected chi connectivity index (χ0v) is 10.7. The lowest BCUT2D eigenvalue weighted by atomic mass is 10.2. The first-order valence-electron chi connectivity index (χ1n) is 5.93. The Labute approximate surface area is 116 Å². The van der Waals surface area contributed by atoms with E-state index in [4.69, 9.17) is 15.6 Å². The molecule has 0 saturated carbocycles. The Morgan fingerprint density at radius 3 is 2.65 bits per heavy atom. The summed E-state index contributed by atoms with van der Waals surface area (Å²) in [5, 5.41) is 8.80. The highest BCUT2D eigenvalue weighted by Gasteiger charge is 2.51. The first kappa shape index (κ1) is 18.5. The minimum atomic E-state index is -3.23. The molecule has 1 saturated heterocycles. The molecule has 1 fully saturated rings. The van der Waals surface area contributed by atoms with Crippen molar-refractivity contribution in [2.45, 2.75) is 45.9 Å². The number of nitrogens with zero attached hydrogens (tertiary/aromatic N) is 2. The van der Waals surface area contributed by atoms with Gasteiger partial charge in [-0.15, -0.1) is 0 Å². The van der Waals surface area contributed by atoms with Gasteiger partial charge in [-0.2, -0.15) is 4.98 Å². The lowest BCUT2D eigenvalue weighted by Crippen LogP contribution is -2.35. The van der Waals surface area contributed by atoms with E-state index in [0.29, 0.717) is 4.57 Å². The highest BCUT2D eigenvalue weighted by molar-refractivity contribution is 5.23. The molecule has 1 aromatic rings. The molecule has 3 N–H and O–H groups in total. The number of ether oxygens (including phenoxy) is 1. The van der Waals surface area contributed by atoms with Crippen molar-refractivity contribution in [1.82, 2.24) is 9.55 Å². The van der Waals surface area contributed by atoms with Crippen molar-refractivity contribution in [1.29, 1.82) is 0 Å². The molecule has 0 aliphatic carbocycles. The van der Waals surface area contributed by atoms with Gasteiger partial charge in [0.25, 0.3) is 5.92 Å². The molecule has 2 unspecified atom stereocenters. The van der Waals surface area contributed by atoms with E-state index in [9.17, 15) is 13.6 Å². The monoisotopic (exact) mass is 293 g/mol. The Bertz CT molecular complexity index is 479. The van der Waals surface area contributed by atoms with Gasteiger partial charge in [0.05, 0.1) is 12.7 Å². The van der Waals surface area contributed by atoms with E-state index >= 15 is 0 Å². The Kier molecular flexibility index (Phi) is 6.74. The molecule has 20 heavy (non-hydrogen) atoms. The van der Waals surface area contributed by atoms with Gasteiger partial charge in [0.2, 0.25) is 6.23 Å². The number of rotatable bonds is 2. The first-order valence-corrected chi connectivity index (χ1v) is 5.93. The molecule has 116 valence electrons. The third-order valence-electron chi connectivity index (χ3n) is 2.49. The minimum Gasteiger partial charge on any atom is -0.394 e. The molecule has 8 heteroatoms. The number of aliphatic hydroxyl groups is 1. The van der Waals surface area contributed by atoms with Crippen molar-refractivity contribution in [3.05, 3.63) is 22.7 Å². The Morgan fingerprint density at radius 2 is 2.20 bits per heavy atom. The predicted molar refractivity (Wildman–Crippen MR) is 71.5 cm³/mol. The van der Waals surface area contributed by atoms with Crippen molar-refractivity contribution >= 4 is 5.82 Å². The summed E-state index contributed by atoms with van der Waals surface area (Å²) in [6.45, 7) is 3.48. The molecule has 2 atom stereocenters. The van der Waals surface area contributed by atoms with Crippen molar-refractivity contribution < 1.29 is 18.6 Å². The normalized spacial score (nSPS) is 23.4. The van der Waals surface area contributed by atoms with E-state index in [1.165, 1.54) is 6.07 Å². The van der Waals surface area contributed by atoms with Crippen LogP contribution >= 0.6 is 0 Å². The summed E-state index contributed by atoms with van der Waals surface area (Å²) in [6.07, 6.45) is -2.27. The Hall–Kier alpha value is -1.54. The van der Waals surface area contributed by atoms with Crippen molar-refractivity contribution in [2.75, 3.05) is 12.3 Å². The van der Waals surface area contributed by atoms with E-state index in [1.807, 2.05) is 13.8 Å². The molecule has 1 aliphatic heterocycles. The zero-order chi connectivity index (χ0) is 14.6. The Balaban J connectivity index is 0.00000115. The summed E-state index contributed by atoms with van der Waals surface area (Å²) in [4.78, 5) is 14.7. The predicted octanol–water partition coefficient (Wildman–Crippen LogP) is 1.40. The largest absolute Gasteiger partial charge is 0.394 e. The molecule has 1 aliphatic rings. The number of hydrogen-bond acceptors (Lipinski definition) is 5. The van der Waals surface area contributed by atoms with Gasteiger partial charge in [-0.3, -0.25) is 4.57 Å². The number of alkyl halides is 2.